The summed E-state index contributed by atoms with van der Waals surface area (Å²) in [6.45, 7) is 1.56. The average Bonchev–Trinajstić information content (AvgIpc) is 2.49. The largest absolute Gasteiger partial charge is 0.388 e. The van der Waals surface area contributed by atoms with E-state index >= 15 is 0 Å². The van der Waals surface area contributed by atoms with Crippen molar-refractivity contribution in [3.63, 3.8) is 0 Å². The van der Waals surface area contributed by atoms with Crippen LogP contribution in [0.3, 0.4) is 0 Å². The fourth-order valence-electron chi connectivity index (χ4n) is 3.00. The second kappa shape index (κ2) is 5.90. The molecule has 20 heavy (non-hydrogen) atoms. The number of rotatable bonds is 3. The van der Waals surface area contributed by atoms with E-state index < -0.39 is 6.10 Å². The molecular weight excluding hydrogens is 255 g/mol. The number of fused-ring (bicyclic) bond motifs is 1. The minimum Gasteiger partial charge on any atom is -0.388 e. The second-order valence-electron chi connectivity index (χ2n) is 5.49. The molecule has 1 fully saturated rings. The van der Waals surface area contributed by atoms with Crippen molar-refractivity contribution in [2.24, 2.45) is 5.92 Å². The molecule has 1 N–H and O–H groups in total. The first-order valence-electron chi connectivity index (χ1n) is 7.18. The fraction of sp³-hybridized carbons (Fsp3) is 0.412. The molecule has 0 aliphatic carbocycles. The number of hydrogen-bond donors (Lipinski definition) is 1. The van der Waals surface area contributed by atoms with Gasteiger partial charge in [-0.3, -0.25) is 0 Å². The number of aliphatic hydroxyl groups excluding tert-OH is 1. The maximum absolute atomic E-state index is 13.8. The Kier molecular flexibility index (Phi) is 3.99. The summed E-state index contributed by atoms with van der Waals surface area (Å²) in [5, 5.41) is 11.9. The molecule has 0 radical (unpaired) electrons. The Hall–Kier alpha value is -1.45. The molecule has 3 rings (SSSR count). The van der Waals surface area contributed by atoms with Crippen molar-refractivity contribution < 1.29 is 14.2 Å². The molecule has 0 amide bonds. The van der Waals surface area contributed by atoms with Gasteiger partial charge in [0, 0.05) is 18.6 Å². The summed E-state index contributed by atoms with van der Waals surface area (Å²) < 4.78 is 19.1. The Labute approximate surface area is 118 Å². The highest BCUT2D eigenvalue weighted by atomic mass is 19.1. The van der Waals surface area contributed by atoms with Crippen LogP contribution < -0.4 is 0 Å². The molecule has 0 bridgehead atoms. The average molecular weight is 274 g/mol. The van der Waals surface area contributed by atoms with Crippen LogP contribution in [-0.4, -0.2) is 18.3 Å². The molecule has 2 nitrogen and oxygen atoms in total. The van der Waals surface area contributed by atoms with Gasteiger partial charge in [-0.1, -0.05) is 30.3 Å². The first kappa shape index (κ1) is 13.5. The highest BCUT2D eigenvalue weighted by Gasteiger charge is 2.20. The summed E-state index contributed by atoms with van der Waals surface area (Å²) in [7, 11) is 0. The number of benzene rings is 2. The van der Waals surface area contributed by atoms with E-state index in [1.807, 2.05) is 18.2 Å². The normalized spacial score (nSPS) is 18.3. The summed E-state index contributed by atoms with van der Waals surface area (Å²) >= 11 is 0. The maximum atomic E-state index is 13.8. The molecule has 106 valence electrons. The lowest BCUT2D eigenvalue weighted by Gasteiger charge is -2.25. The van der Waals surface area contributed by atoms with Crippen LogP contribution in [0.15, 0.2) is 36.4 Å². The smallest absolute Gasteiger partial charge is 0.131 e. The Morgan fingerprint density at radius 2 is 1.80 bits per heavy atom. The highest BCUT2D eigenvalue weighted by molar-refractivity contribution is 5.86. The van der Waals surface area contributed by atoms with E-state index in [0.29, 0.717) is 11.3 Å². The third kappa shape index (κ3) is 2.69. The molecule has 1 aliphatic rings. The van der Waals surface area contributed by atoms with E-state index in [1.54, 1.807) is 12.1 Å². The number of hydrogen-bond acceptors (Lipinski definition) is 2. The number of halogens is 1. The van der Waals surface area contributed by atoms with Gasteiger partial charge in [0.05, 0.1) is 6.10 Å². The van der Waals surface area contributed by atoms with Crippen LogP contribution in [-0.2, 0) is 4.74 Å². The minimum atomic E-state index is -0.538. The molecule has 0 saturated carbocycles. The van der Waals surface area contributed by atoms with E-state index in [2.05, 4.69) is 0 Å². The fourth-order valence-corrected chi connectivity index (χ4v) is 3.00. The number of ether oxygens (including phenoxy) is 1. The van der Waals surface area contributed by atoms with Crippen molar-refractivity contribution in [2.75, 3.05) is 13.2 Å². The first-order chi connectivity index (χ1) is 9.75. The maximum Gasteiger partial charge on any atom is 0.131 e. The van der Waals surface area contributed by atoms with Crippen molar-refractivity contribution in [1.82, 2.24) is 0 Å². The van der Waals surface area contributed by atoms with Crippen molar-refractivity contribution in [3.05, 3.63) is 47.8 Å². The van der Waals surface area contributed by atoms with Crippen LogP contribution in [0.5, 0.6) is 0 Å². The van der Waals surface area contributed by atoms with Crippen molar-refractivity contribution >= 4 is 10.8 Å². The van der Waals surface area contributed by atoms with Gasteiger partial charge in [-0.25, -0.2) is 4.39 Å². The third-order valence-corrected chi connectivity index (χ3v) is 4.16. The van der Waals surface area contributed by atoms with Crippen LogP contribution in [0.4, 0.5) is 4.39 Å². The lowest BCUT2D eigenvalue weighted by molar-refractivity contribution is 0.0438. The Balaban J connectivity index is 1.87. The van der Waals surface area contributed by atoms with E-state index in [9.17, 15) is 9.50 Å². The van der Waals surface area contributed by atoms with E-state index in [4.69, 9.17) is 4.74 Å². The molecule has 3 heteroatoms. The first-order valence-corrected chi connectivity index (χ1v) is 7.18. The molecule has 1 unspecified atom stereocenters. The quantitative estimate of drug-likeness (QED) is 0.921. The predicted molar refractivity (Wildman–Crippen MR) is 77.0 cm³/mol. The molecule has 1 saturated heterocycles. The summed E-state index contributed by atoms with van der Waals surface area (Å²) in [5.41, 5.74) is 0.827. The Morgan fingerprint density at radius 3 is 2.55 bits per heavy atom. The van der Waals surface area contributed by atoms with Gasteiger partial charge in [0.1, 0.15) is 5.82 Å². The molecular formula is C17H19FO2. The molecule has 2 aromatic carbocycles. The van der Waals surface area contributed by atoms with Crippen LogP contribution in [0.1, 0.15) is 30.9 Å². The zero-order valence-corrected chi connectivity index (χ0v) is 11.4. The monoisotopic (exact) mass is 274 g/mol. The van der Waals surface area contributed by atoms with Crippen LogP contribution in [0, 0.1) is 11.7 Å². The highest BCUT2D eigenvalue weighted by Crippen LogP contribution is 2.32. The van der Waals surface area contributed by atoms with Gasteiger partial charge in [0.2, 0.25) is 0 Å². The van der Waals surface area contributed by atoms with E-state index in [-0.39, 0.29) is 5.82 Å². The van der Waals surface area contributed by atoms with Gasteiger partial charge >= 0.3 is 0 Å². The minimum absolute atomic E-state index is 0.234. The predicted octanol–water partition coefficient (Wildman–Crippen LogP) is 3.83. The SMILES string of the molecule is OC(CC1CCOCC1)c1ccc(F)c2ccccc12. The summed E-state index contributed by atoms with van der Waals surface area (Å²) in [5.74, 6) is 0.255. The lowest BCUT2D eigenvalue weighted by atomic mass is 9.89. The van der Waals surface area contributed by atoms with Gasteiger partial charge in [-0.05, 0) is 42.2 Å². The summed E-state index contributed by atoms with van der Waals surface area (Å²) in [4.78, 5) is 0. The second-order valence-corrected chi connectivity index (χ2v) is 5.49. The van der Waals surface area contributed by atoms with Gasteiger partial charge < -0.3 is 9.84 Å². The molecule has 1 heterocycles. The molecule has 2 aromatic rings. The molecule has 0 spiro atoms. The molecule has 1 atom stereocenters. The van der Waals surface area contributed by atoms with Gasteiger partial charge in [-0.2, -0.15) is 0 Å². The van der Waals surface area contributed by atoms with Crippen LogP contribution in [0.2, 0.25) is 0 Å². The van der Waals surface area contributed by atoms with Crippen LogP contribution in [0.25, 0.3) is 10.8 Å². The number of aliphatic hydroxyl groups is 1. The molecule has 1 aliphatic heterocycles. The van der Waals surface area contributed by atoms with Crippen molar-refractivity contribution in [2.45, 2.75) is 25.4 Å². The topological polar surface area (TPSA) is 29.5 Å². The Morgan fingerprint density at radius 1 is 1.10 bits per heavy atom. The zero-order chi connectivity index (χ0) is 13.9. The van der Waals surface area contributed by atoms with Gasteiger partial charge in [0.15, 0.2) is 0 Å². The van der Waals surface area contributed by atoms with E-state index in [0.717, 1.165) is 43.4 Å². The van der Waals surface area contributed by atoms with Crippen LogP contribution >= 0.6 is 0 Å². The lowest BCUT2D eigenvalue weighted by Crippen LogP contribution is -2.18. The van der Waals surface area contributed by atoms with Crippen molar-refractivity contribution in [1.29, 1.82) is 0 Å². The standard InChI is InChI=1S/C17H19FO2/c18-16-6-5-15(13-3-1-2-4-14(13)16)17(19)11-12-7-9-20-10-8-12/h1-6,12,17,19H,7-11H2. The summed E-state index contributed by atoms with van der Waals surface area (Å²) in [6, 6.07) is 10.5. The van der Waals surface area contributed by atoms with Crippen molar-refractivity contribution in [3.8, 4) is 0 Å². The van der Waals surface area contributed by atoms with E-state index in [1.165, 1.54) is 6.07 Å². The third-order valence-electron chi connectivity index (χ3n) is 4.16. The van der Waals surface area contributed by atoms with Gasteiger partial charge in [0.25, 0.3) is 0 Å². The zero-order valence-electron chi connectivity index (χ0n) is 11.4. The Bertz CT molecular complexity index is 591. The summed E-state index contributed by atoms with van der Waals surface area (Å²) in [6.07, 6.45) is 2.18. The van der Waals surface area contributed by atoms with Gasteiger partial charge in [-0.15, -0.1) is 0 Å². The molecule has 0 aromatic heterocycles.